The zero-order valence-electron chi connectivity index (χ0n) is 16.2. The van der Waals surface area contributed by atoms with Gasteiger partial charge in [0.15, 0.2) is 0 Å². The normalized spacial score (nSPS) is 13.1. The van der Waals surface area contributed by atoms with Crippen LogP contribution in [0.4, 0.5) is 0 Å². The number of benzene rings is 2. The second kappa shape index (κ2) is 8.44. The number of carbonyl (C=O) groups is 2. The van der Waals surface area contributed by atoms with Crippen LogP contribution in [0.5, 0.6) is 11.5 Å². The van der Waals surface area contributed by atoms with Crippen molar-refractivity contribution in [3.8, 4) is 17.6 Å². The number of hydrogen-bond acceptors (Lipinski definition) is 5. The highest BCUT2D eigenvalue weighted by Gasteiger charge is 2.27. The van der Waals surface area contributed by atoms with Crippen LogP contribution in [0.1, 0.15) is 23.6 Å². The maximum Gasteiger partial charge on any atom is 0.333 e. The van der Waals surface area contributed by atoms with Crippen molar-refractivity contribution in [1.82, 2.24) is 5.32 Å². The van der Waals surface area contributed by atoms with Crippen LogP contribution < -0.4 is 10.1 Å². The Bertz CT molecular complexity index is 1080. The molecule has 0 spiro atoms. The van der Waals surface area contributed by atoms with E-state index in [1.807, 2.05) is 49.4 Å². The number of hydrogen-bond donors (Lipinski definition) is 1. The highest BCUT2D eigenvalue weighted by Crippen LogP contribution is 2.45. The van der Waals surface area contributed by atoms with E-state index in [9.17, 15) is 14.9 Å². The summed E-state index contributed by atoms with van der Waals surface area (Å²) < 4.78 is 10.9. The summed E-state index contributed by atoms with van der Waals surface area (Å²) in [4.78, 5) is 24.2. The van der Waals surface area contributed by atoms with E-state index in [0.29, 0.717) is 28.2 Å². The molecule has 2 aromatic rings. The molecule has 0 radical (unpaired) electrons. The zero-order chi connectivity index (χ0) is 21.0. The van der Waals surface area contributed by atoms with Crippen molar-refractivity contribution in [2.24, 2.45) is 0 Å². The molecule has 0 saturated heterocycles. The van der Waals surface area contributed by atoms with E-state index in [1.54, 1.807) is 13.0 Å². The van der Waals surface area contributed by atoms with Crippen molar-refractivity contribution in [3.05, 3.63) is 76.9 Å². The number of nitrogens with zero attached hydrogens (tertiary/aromatic N) is 1. The average Bonchev–Trinajstić information content (AvgIpc) is 2.71. The number of ether oxygens (including phenoxy) is 2. The molecule has 0 unspecified atom stereocenters. The molecule has 6 nitrogen and oxygen atoms in total. The number of esters is 1. The molecule has 29 heavy (non-hydrogen) atoms. The highest BCUT2D eigenvalue weighted by molar-refractivity contribution is 6.09. The van der Waals surface area contributed by atoms with E-state index in [0.717, 1.165) is 5.56 Å². The predicted molar refractivity (Wildman–Crippen MR) is 108 cm³/mol. The Morgan fingerprint density at radius 3 is 2.62 bits per heavy atom. The fourth-order valence-electron chi connectivity index (χ4n) is 2.96. The van der Waals surface area contributed by atoms with Crippen molar-refractivity contribution in [2.75, 3.05) is 13.2 Å². The van der Waals surface area contributed by atoms with Crippen LogP contribution in [0.3, 0.4) is 0 Å². The van der Waals surface area contributed by atoms with Gasteiger partial charge in [-0.1, -0.05) is 36.4 Å². The van der Waals surface area contributed by atoms with Crippen LogP contribution >= 0.6 is 0 Å². The number of rotatable bonds is 5. The third-order valence-corrected chi connectivity index (χ3v) is 4.34. The van der Waals surface area contributed by atoms with Gasteiger partial charge < -0.3 is 14.8 Å². The lowest BCUT2D eigenvalue weighted by molar-refractivity contribution is -0.139. The van der Waals surface area contributed by atoms with E-state index >= 15 is 0 Å². The highest BCUT2D eigenvalue weighted by atomic mass is 16.5. The smallest absolute Gasteiger partial charge is 0.333 e. The molecule has 6 heteroatoms. The monoisotopic (exact) mass is 388 g/mol. The molecule has 0 saturated carbocycles. The minimum atomic E-state index is -0.543. The van der Waals surface area contributed by atoms with Gasteiger partial charge in [-0.2, -0.15) is 5.26 Å². The summed E-state index contributed by atoms with van der Waals surface area (Å²) in [5.74, 6) is 0.0916. The molecule has 1 aliphatic heterocycles. The van der Waals surface area contributed by atoms with Crippen molar-refractivity contribution in [2.45, 2.75) is 13.8 Å². The second-order valence-corrected chi connectivity index (χ2v) is 6.63. The first-order chi connectivity index (χ1) is 13.9. The number of nitriles is 1. The Balaban J connectivity index is 1.94. The summed E-state index contributed by atoms with van der Waals surface area (Å²) in [6.45, 7) is 7.04. The summed E-state index contributed by atoms with van der Waals surface area (Å²) in [7, 11) is 0. The third kappa shape index (κ3) is 4.19. The molecule has 0 atom stereocenters. The van der Waals surface area contributed by atoms with Gasteiger partial charge in [-0.25, -0.2) is 4.79 Å². The van der Waals surface area contributed by atoms with Gasteiger partial charge in [-0.05, 0) is 32.0 Å². The summed E-state index contributed by atoms with van der Waals surface area (Å²) in [5.41, 5.74) is 3.11. The Morgan fingerprint density at radius 1 is 1.17 bits per heavy atom. The van der Waals surface area contributed by atoms with Crippen LogP contribution in [-0.4, -0.2) is 25.0 Å². The molecule has 1 heterocycles. The Kier molecular flexibility index (Phi) is 5.79. The van der Waals surface area contributed by atoms with Crippen molar-refractivity contribution in [3.63, 3.8) is 0 Å². The Morgan fingerprint density at radius 2 is 1.90 bits per heavy atom. The van der Waals surface area contributed by atoms with Gasteiger partial charge in [0, 0.05) is 22.3 Å². The summed E-state index contributed by atoms with van der Waals surface area (Å²) in [6.07, 6.45) is 0. The topological polar surface area (TPSA) is 88.4 Å². The first-order valence-corrected chi connectivity index (χ1v) is 9.06. The molecule has 1 amide bonds. The van der Waals surface area contributed by atoms with Gasteiger partial charge in [-0.15, -0.1) is 0 Å². The number of para-hydroxylation sites is 1. The number of carbonyl (C=O) groups excluding carboxylic acids is 2. The second-order valence-electron chi connectivity index (χ2n) is 6.63. The summed E-state index contributed by atoms with van der Waals surface area (Å²) in [5, 5.41) is 12.4. The Hall–Kier alpha value is -3.85. The third-order valence-electron chi connectivity index (χ3n) is 4.34. The van der Waals surface area contributed by atoms with E-state index in [1.165, 1.54) is 0 Å². The molecule has 1 aliphatic rings. The van der Waals surface area contributed by atoms with Crippen molar-refractivity contribution < 1.29 is 19.1 Å². The standard InChI is InChI=1S/C23H20N2O4/c1-14(2)23(27)28-11-10-25-22(26)18(13-24)21-16-6-4-5-7-19(16)29-20-9-8-15(3)12-17(20)21/h4-9,12H,1,10-11H2,2-3H3,(H,25,26). The van der Waals surface area contributed by atoms with E-state index in [4.69, 9.17) is 9.47 Å². The number of amides is 1. The van der Waals surface area contributed by atoms with Gasteiger partial charge in [-0.3, -0.25) is 4.79 Å². The van der Waals surface area contributed by atoms with Crippen LogP contribution in [0.25, 0.3) is 5.57 Å². The minimum absolute atomic E-state index is 0.0130. The molecule has 146 valence electrons. The maximum absolute atomic E-state index is 12.8. The predicted octanol–water partition coefficient (Wildman–Crippen LogP) is 3.66. The molecule has 2 aromatic carbocycles. The lowest BCUT2D eigenvalue weighted by Gasteiger charge is -2.24. The van der Waals surface area contributed by atoms with Crippen LogP contribution in [0.2, 0.25) is 0 Å². The Labute approximate surface area is 169 Å². The zero-order valence-corrected chi connectivity index (χ0v) is 16.2. The minimum Gasteiger partial charge on any atom is -0.460 e. The lowest BCUT2D eigenvalue weighted by Crippen LogP contribution is -2.30. The first kappa shape index (κ1) is 19.9. The lowest BCUT2D eigenvalue weighted by atomic mass is 9.89. The van der Waals surface area contributed by atoms with Gasteiger partial charge in [0.2, 0.25) is 0 Å². The quantitative estimate of drug-likeness (QED) is 0.312. The SMILES string of the molecule is C=C(C)C(=O)OCCNC(=O)C(C#N)=C1c2ccccc2Oc2ccc(C)cc21. The van der Waals surface area contributed by atoms with Crippen molar-refractivity contribution in [1.29, 1.82) is 5.26 Å². The van der Waals surface area contributed by atoms with Gasteiger partial charge in [0.25, 0.3) is 5.91 Å². The fourth-order valence-corrected chi connectivity index (χ4v) is 2.96. The molecule has 0 bridgehead atoms. The fraction of sp³-hybridized carbons (Fsp3) is 0.174. The van der Waals surface area contributed by atoms with Crippen LogP contribution in [0.15, 0.2) is 60.2 Å². The van der Waals surface area contributed by atoms with E-state index in [-0.39, 0.29) is 24.3 Å². The molecule has 1 N–H and O–H groups in total. The largest absolute Gasteiger partial charge is 0.460 e. The molecular formula is C23H20N2O4. The van der Waals surface area contributed by atoms with Crippen LogP contribution in [0, 0.1) is 18.3 Å². The van der Waals surface area contributed by atoms with Crippen LogP contribution in [-0.2, 0) is 14.3 Å². The average molecular weight is 388 g/mol. The summed E-state index contributed by atoms with van der Waals surface area (Å²) in [6, 6.07) is 14.9. The number of aryl methyl sites for hydroxylation is 1. The van der Waals surface area contributed by atoms with E-state index in [2.05, 4.69) is 11.9 Å². The molecule has 3 rings (SSSR count). The van der Waals surface area contributed by atoms with Gasteiger partial charge >= 0.3 is 5.97 Å². The molecular weight excluding hydrogens is 368 g/mol. The molecule has 0 fully saturated rings. The van der Waals surface area contributed by atoms with Crippen molar-refractivity contribution >= 4 is 17.4 Å². The van der Waals surface area contributed by atoms with Gasteiger partial charge in [0.05, 0.1) is 6.54 Å². The molecule has 0 aromatic heterocycles. The number of nitrogens with one attached hydrogen (secondary N) is 1. The maximum atomic E-state index is 12.8. The first-order valence-electron chi connectivity index (χ1n) is 9.06. The molecule has 0 aliphatic carbocycles. The summed E-state index contributed by atoms with van der Waals surface area (Å²) >= 11 is 0. The van der Waals surface area contributed by atoms with E-state index < -0.39 is 11.9 Å². The van der Waals surface area contributed by atoms with Gasteiger partial charge in [0.1, 0.15) is 29.7 Å². The number of fused-ring (bicyclic) bond motifs is 2.